The molecule has 0 amide bonds. The lowest BCUT2D eigenvalue weighted by Crippen LogP contribution is -2.52. The predicted octanol–water partition coefficient (Wildman–Crippen LogP) is 2.05. The van der Waals surface area contributed by atoms with Crippen LogP contribution in [0.1, 0.15) is 25.0 Å². The third-order valence-corrected chi connectivity index (χ3v) is 4.29. The number of nitrogens with one attached hydrogen (secondary N) is 1. The SMILES string of the molecule is CC(C)N1CC(COc2cccc3c2CCNC3)C1. The first-order valence-corrected chi connectivity index (χ1v) is 7.42. The van der Waals surface area contributed by atoms with Gasteiger partial charge in [-0.15, -0.1) is 0 Å². The number of likely N-dealkylation sites (tertiary alicyclic amines) is 1. The largest absolute Gasteiger partial charge is 0.493 e. The van der Waals surface area contributed by atoms with Gasteiger partial charge in [0.15, 0.2) is 0 Å². The lowest BCUT2D eigenvalue weighted by atomic mass is 9.98. The number of benzene rings is 1. The standard InChI is InChI=1S/C16H24N2O/c1-12(2)18-9-13(10-18)11-19-16-5-3-4-14-8-17-7-6-15(14)16/h3-5,12-13,17H,6-11H2,1-2H3. The zero-order valence-electron chi connectivity index (χ0n) is 12.0. The molecule has 2 aliphatic rings. The minimum Gasteiger partial charge on any atom is -0.493 e. The molecule has 1 aromatic rings. The van der Waals surface area contributed by atoms with Crippen molar-refractivity contribution in [2.75, 3.05) is 26.2 Å². The second-order valence-corrected chi connectivity index (χ2v) is 6.05. The van der Waals surface area contributed by atoms with Crippen LogP contribution in [0.15, 0.2) is 18.2 Å². The Hall–Kier alpha value is -1.06. The summed E-state index contributed by atoms with van der Waals surface area (Å²) in [7, 11) is 0. The van der Waals surface area contributed by atoms with Gasteiger partial charge in [-0.1, -0.05) is 12.1 Å². The lowest BCUT2D eigenvalue weighted by molar-refractivity contribution is 0.0372. The maximum Gasteiger partial charge on any atom is 0.122 e. The summed E-state index contributed by atoms with van der Waals surface area (Å²) in [6.07, 6.45) is 1.09. The van der Waals surface area contributed by atoms with Gasteiger partial charge in [-0.3, -0.25) is 0 Å². The summed E-state index contributed by atoms with van der Waals surface area (Å²) >= 11 is 0. The topological polar surface area (TPSA) is 24.5 Å². The average Bonchev–Trinajstić information content (AvgIpc) is 2.36. The van der Waals surface area contributed by atoms with Crippen LogP contribution in [0.5, 0.6) is 5.75 Å². The maximum atomic E-state index is 6.08. The molecule has 0 bridgehead atoms. The lowest BCUT2D eigenvalue weighted by Gasteiger charge is -2.41. The van der Waals surface area contributed by atoms with E-state index in [0.29, 0.717) is 12.0 Å². The van der Waals surface area contributed by atoms with Gasteiger partial charge in [-0.2, -0.15) is 0 Å². The molecule has 2 heterocycles. The van der Waals surface area contributed by atoms with Crippen LogP contribution in [0.25, 0.3) is 0 Å². The van der Waals surface area contributed by atoms with Gasteiger partial charge in [-0.25, -0.2) is 0 Å². The van der Waals surface area contributed by atoms with Crippen LogP contribution in [0, 0.1) is 5.92 Å². The van der Waals surface area contributed by atoms with Crippen molar-refractivity contribution in [1.29, 1.82) is 0 Å². The molecule has 19 heavy (non-hydrogen) atoms. The third-order valence-electron chi connectivity index (χ3n) is 4.29. The summed E-state index contributed by atoms with van der Waals surface area (Å²) in [5, 5.41) is 3.41. The zero-order chi connectivity index (χ0) is 13.2. The number of fused-ring (bicyclic) bond motifs is 1. The van der Waals surface area contributed by atoms with Gasteiger partial charge in [0.1, 0.15) is 5.75 Å². The highest BCUT2D eigenvalue weighted by molar-refractivity contribution is 5.41. The van der Waals surface area contributed by atoms with Crippen molar-refractivity contribution in [3.63, 3.8) is 0 Å². The first-order chi connectivity index (χ1) is 9.24. The second kappa shape index (κ2) is 5.51. The van der Waals surface area contributed by atoms with Crippen molar-refractivity contribution in [3.8, 4) is 5.75 Å². The van der Waals surface area contributed by atoms with Crippen LogP contribution in [0.3, 0.4) is 0 Å². The minimum atomic E-state index is 0.673. The fourth-order valence-corrected chi connectivity index (χ4v) is 2.98. The Morgan fingerprint density at radius 1 is 1.37 bits per heavy atom. The summed E-state index contributed by atoms with van der Waals surface area (Å²) in [4.78, 5) is 2.50. The molecule has 3 rings (SSSR count). The smallest absolute Gasteiger partial charge is 0.122 e. The number of rotatable bonds is 4. The quantitative estimate of drug-likeness (QED) is 0.897. The molecule has 0 atom stereocenters. The van der Waals surface area contributed by atoms with E-state index >= 15 is 0 Å². The maximum absolute atomic E-state index is 6.08. The summed E-state index contributed by atoms with van der Waals surface area (Å²) in [6.45, 7) is 9.82. The van der Waals surface area contributed by atoms with E-state index in [9.17, 15) is 0 Å². The highest BCUT2D eigenvalue weighted by Crippen LogP contribution is 2.27. The number of nitrogens with zero attached hydrogens (tertiary/aromatic N) is 1. The van der Waals surface area contributed by atoms with E-state index in [1.807, 2.05) is 0 Å². The molecule has 3 nitrogen and oxygen atoms in total. The van der Waals surface area contributed by atoms with E-state index < -0.39 is 0 Å². The van der Waals surface area contributed by atoms with Crippen LogP contribution in [0.2, 0.25) is 0 Å². The van der Waals surface area contributed by atoms with Crippen LogP contribution in [0.4, 0.5) is 0 Å². The van der Waals surface area contributed by atoms with E-state index in [2.05, 4.69) is 42.3 Å². The predicted molar refractivity (Wildman–Crippen MR) is 77.5 cm³/mol. The van der Waals surface area contributed by atoms with Gasteiger partial charge in [0.25, 0.3) is 0 Å². The van der Waals surface area contributed by atoms with Gasteiger partial charge in [0, 0.05) is 31.6 Å². The molecular weight excluding hydrogens is 236 g/mol. The molecule has 1 fully saturated rings. The molecule has 3 heteroatoms. The number of hydrogen-bond donors (Lipinski definition) is 1. The Balaban J connectivity index is 1.56. The van der Waals surface area contributed by atoms with E-state index in [4.69, 9.17) is 4.74 Å². The monoisotopic (exact) mass is 260 g/mol. The third kappa shape index (κ3) is 2.77. The molecule has 1 aromatic carbocycles. The Bertz CT molecular complexity index is 438. The fraction of sp³-hybridized carbons (Fsp3) is 0.625. The first-order valence-electron chi connectivity index (χ1n) is 7.42. The van der Waals surface area contributed by atoms with Crippen molar-refractivity contribution in [2.24, 2.45) is 5.92 Å². The van der Waals surface area contributed by atoms with Crippen LogP contribution in [-0.2, 0) is 13.0 Å². The van der Waals surface area contributed by atoms with Gasteiger partial charge >= 0.3 is 0 Å². The number of ether oxygens (including phenoxy) is 1. The number of hydrogen-bond acceptors (Lipinski definition) is 3. The molecule has 0 unspecified atom stereocenters. The van der Waals surface area contributed by atoms with E-state index in [1.165, 1.54) is 24.2 Å². The molecule has 0 radical (unpaired) electrons. The van der Waals surface area contributed by atoms with E-state index in [1.54, 1.807) is 0 Å². The Morgan fingerprint density at radius 2 is 2.21 bits per heavy atom. The van der Waals surface area contributed by atoms with Crippen molar-refractivity contribution in [2.45, 2.75) is 32.9 Å². The average molecular weight is 260 g/mol. The normalized spacial score (nSPS) is 20.2. The highest BCUT2D eigenvalue weighted by atomic mass is 16.5. The summed E-state index contributed by atoms with van der Waals surface area (Å²) in [5.74, 6) is 1.82. The van der Waals surface area contributed by atoms with E-state index in [-0.39, 0.29) is 0 Å². The summed E-state index contributed by atoms with van der Waals surface area (Å²) < 4.78 is 6.08. The van der Waals surface area contributed by atoms with E-state index in [0.717, 1.165) is 31.9 Å². The van der Waals surface area contributed by atoms with Gasteiger partial charge in [-0.05, 0) is 44.0 Å². The van der Waals surface area contributed by atoms with Crippen LogP contribution in [-0.4, -0.2) is 37.2 Å². The molecule has 2 aliphatic heterocycles. The van der Waals surface area contributed by atoms with Crippen molar-refractivity contribution in [1.82, 2.24) is 10.2 Å². The molecular formula is C16H24N2O. The first kappa shape index (κ1) is 12.9. The molecule has 0 spiro atoms. The highest BCUT2D eigenvalue weighted by Gasteiger charge is 2.29. The minimum absolute atomic E-state index is 0.673. The van der Waals surface area contributed by atoms with Gasteiger partial charge in [0.05, 0.1) is 6.61 Å². The molecule has 1 N–H and O–H groups in total. The molecule has 0 aromatic heterocycles. The van der Waals surface area contributed by atoms with Gasteiger partial charge in [0.2, 0.25) is 0 Å². The molecule has 0 saturated carbocycles. The van der Waals surface area contributed by atoms with Crippen molar-refractivity contribution >= 4 is 0 Å². The van der Waals surface area contributed by atoms with Crippen molar-refractivity contribution in [3.05, 3.63) is 29.3 Å². The summed E-state index contributed by atoms with van der Waals surface area (Å²) in [5.41, 5.74) is 2.82. The zero-order valence-corrected chi connectivity index (χ0v) is 12.0. The second-order valence-electron chi connectivity index (χ2n) is 6.05. The Labute approximate surface area is 115 Å². The van der Waals surface area contributed by atoms with Gasteiger partial charge < -0.3 is 15.0 Å². The van der Waals surface area contributed by atoms with Crippen molar-refractivity contribution < 1.29 is 4.74 Å². The van der Waals surface area contributed by atoms with Crippen LogP contribution >= 0.6 is 0 Å². The van der Waals surface area contributed by atoms with Crippen LogP contribution < -0.4 is 10.1 Å². The Morgan fingerprint density at radius 3 is 3.00 bits per heavy atom. The summed E-state index contributed by atoms with van der Waals surface area (Å²) in [6, 6.07) is 7.12. The molecule has 104 valence electrons. The molecule has 1 saturated heterocycles. The Kier molecular flexibility index (Phi) is 3.76. The molecule has 0 aliphatic carbocycles. The fourth-order valence-electron chi connectivity index (χ4n) is 2.98.